The molecule has 1 fully saturated rings. The van der Waals surface area contributed by atoms with Crippen molar-refractivity contribution in [2.24, 2.45) is 4.99 Å². The van der Waals surface area contributed by atoms with E-state index >= 15 is 0 Å². The molecule has 9 heteroatoms. The zero-order chi connectivity index (χ0) is 24.1. The fourth-order valence-corrected chi connectivity index (χ4v) is 5.59. The van der Waals surface area contributed by atoms with Gasteiger partial charge >= 0.3 is 0 Å². The number of hydrogen-bond donors (Lipinski definition) is 0. The minimum absolute atomic E-state index is 0.270. The van der Waals surface area contributed by atoms with Crippen LogP contribution in [0.2, 0.25) is 10.0 Å². The third-order valence-corrected chi connectivity index (χ3v) is 7.99. The molecule has 0 atom stereocenters. The fourth-order valence-electron chi connectivity index (χ4n) is 3.61. The molecule has 3 aromatic carbocycles. The molecule has 6 nitrogen and oxygen atoms in total. The number of methoxy groups -OCH3 is 1. The topological polar surface area (TPSA) is 68.2 Å². The van der Waals surface area contributed by atoms with E-state index in [0.29, 0.717) is 40.3 Å². The Hall–Kier alpha value is -2.58. The van der Waals surface area contributed by atoms with Gasteiger partial charge in [0.1, 0.15) is 6.61 Å². The second kappa shape index (κ2) is 10.8. The van der Waals surface area contributed by atoms with Crippen LogP contribution in [0.5, 0.6) is 11.5 Å². The highest BCUT2D eigenvalue weighted by Crippen LogP contribution is 2.30. The van der Waals surface area contributed by atoms with Crippen molar-refractivity contribution in [3.05, 3.63) is 81.8 Å². The molecule has 4 rings (SSSR count). The molecule has 1 aliphatic rings. The number of benzene rings is 3. The number of hydrogen-bond acceptors (Lipinski definition) is 5. The van der Waals surface area contributed by atoms with Gasteiger partial charge in [0.2, 0.25) is 10.0 Å². The highest BCUT2D eigenvalue weighted by atomic mass is 35.5. The highest BCUT2D eigenvalue weighted by molar-refractivity contribution is 7.89. The Balaban J connectivity index is 1.43. The summed E-state index contributed by atoms with van der Waals surface area (Å²) in [6, 6.07) is 17.3. The van der Waals surface area contributed by atoms with Gasteiger partial charge < -0.3 is 9.47 Å². The minimum atomic E-state index is -3.43. The van der Waals surface area contributed by atoms with Gasteiger partial charge in [-0.2, -0.15) is 4.31 Å². The van der Waals surface area contributed by atoms with Crippen molar-refractivity contribution in [1.29, 1.82) is 0 Å². The molecule has 3 aromatic rings. The number of halogens is 2. The second-order valence-corrected chi connectivity index (χ2v) is 10.6. The predicted molar refractivity (Wildman–Crippen MR) is 135 cm³/mol. The quantitative estimate of drug-likeness (QED) is 0.337. The van der Waals surface area contributed by atoms with Crippen LogP contribution in [-0.4, -0.2) is 39.1 Å². The molecule has 1 heterocycles. The summed E-state index contributed by atoms with van der Waals surface area (Å²) in [5, 5.41) is 1.10. The molecule has 0 bridgehead atoms. The molecule has 0 N–H and O–H groups in total. The van der Waals surface area contributed by atoms with Gasteiger partial charge in [-0.15, -0.1) is 0 Å². The summed E-state index contributed by atoms with van der Waals surface area (Å²) in [4.78, 5) is 4.75. The Morgan fingerprint density at radius 1 is 0.971 bits per heavy atom. The van der Waals surface area contributed by atoms with E-state index in [-0.39, 0.29) is 11.5 Å². The predicted octanol–water partition coefficient (Wildman–Crippen LogP) is 6.12. The van der Waals surface area contributed by atoms with Gasteiger partial charge in [-0.05, 0) is 73.0 Å². The summed E-state index contributed by atoms with van der Waals surface area (Å²) >= 11 is 12.2. The summed E-state index contributed by atoms with van der Waals surface area (Å²) < 4.78 is 38.2. The summed E-state index contributed by atoms with van der Waals surface area (Å²) in [5.41, 5.74) is 2.27. The van der Waals surface area contributed by atoms with E-state index in [1.165, 1.54) is 4.31 Å². The highest BCUT2D eigenvalue weighted by Gasteiger charge is 2.26. The van der Waals surface area contributed by atoms with Crippen LogP contribution < -0.4 is 9.47 Å². The number of nitrogens with zero attached hydrogens (tertiary/aromatic N) is 2. The van der Waals surface area contributed by atoms with Crippen molar-refractivity contribution in [2.75, 3.05) is 20.2 Å². The lowest BCUT2D eigenvalue weighted by Gasteiger charge is -2.15. The Labute approximate surface area is 209 Å². The smallest absolute Gasteiger partial charge is 0.243 e. The Morgan fingerprint density at radius 3 is 2.38 bits per heavy atom. The van der Waals surface area contributed by atoms with Crippen molar-refractivity contribution < 1.29 is 17.9 Å². The normalized spacial score (nSPS) is 14.6. The third kappa shape index (κ3) is 5.73. The van der Waals surface area contributed by atoms with Crippen LogP contribution in [0.3, 0.4) is 0 Å². The van der Waals surface area contributed by atoms with Crippen LogP contribution in [0.1, 0.15) is 24.0 Å². The Morgan fingerprint density at radius 2 is 1.71 bits per heavy atom. The van der Waals surface area contributed by atoms with Gasteiger partial charge in [0.05, 0.1) is 17.7 Å². The van der Waals surface area contributed by atoms with Gasteiger partial charge in [-0.3, -0.25) is 4.99 Å². The molecule has 0 saturated carbocycles. The first kappa shape index (κ1) is 24.5. The van der Waals surface area contributed by atoms with E-state index in [9.17, 15) is 8.42 Å². The SMILES string of the molecule is COc1cc(C=Nc2ccc(S(=O)(=O)N3CCCC3)cc2)ccc1OCc1ccc(Cl)cc1Cl. The first-order chi connectivity index (χ1) is 16.4. The number of sulfonamides is 1. The summed E-state index contributed by atoms with van der Waals surface area (Å²) in [7, 11) is -1.86. The van der Waals surface area contributed by atoms with Gasteiger partial charge in [0, 0.05) is 34.9 Å². The largest absolute Gasteiger partial charge is 0.493 e. The molecule has 0 aliphatic carbocycles. The van der Waals surface area contributed by atoms with Gasteiger partial charge in [-0.1, -0.05) is 29.3 Å². The van der Waals surface area contributed by atoms with E-state index < -0.39 is 10.0 Å². The lowest BCUT2D eigenvalue weighted by atomic mass is 10.2. The van der Waals surface area contributed by atoms with Crippen LogP contribution in [0.25, 0.3) is 0 Å². The summed E-state index contributed by atoms with van der Waals surface area (Å²) in [5.74, 6) is 1.13. The molecule has 178 valence electrons. The molecular formula is C25H24Cl2N2O4S. The maximum atomic E-state index is 12.7. The van der Waals surface area contributed by atoms with Crippen LogP contribution >= 0.6 is 23.2 Å². The number of ether oxygens (including phenoxy) is 2. The first-order valence-electron chi connectivity index (χ1n) is 10.8. The molecule has 0 aromatic heterocycles. The lowest BCUT2D eigenvalue weighted by Crippen LogP contribution is -2.27. The van der Waals surface area contributed by atoms with E-state index in [1.807, 2.05) is 18.2 Å². The molecular weight excluding hydrogens is 495 g/mol. The lowest BCUT2D eigenvalue weighted by molar-refractivity contribution is 0.284. The monoisotopic (exact) mass is 518 g/mol. The van der Waals surface area contributed by atoms with Crippen molar-refractivity contribution in [3.63, 3.8) is 0 Å². The van der Waals surface area contributed by atoms with Gasteiger partial charge in [0.15, 0.2) is 11.5 Å². The van der Waals surface area contributed by atoms with Crippen molar-refractivity contribution in [3.8, 4) is 11.5 Å². The molecule has 1 saturated heterocycles. The number of rotatable bonds is 8. The molecule has 0 amide bonds. The average Bonchev–Trinajstić information content (AvgIpc) is 3.39. The van der Waals surface area contributed by atoms with Gasteiger partial charge in [-0.25, -0.2) is 8.42 Å². The van der Waals surface area contributed by atoms with E-state index in [1.54, 1.807) is 55.8 Å². The zero-order valence-corrected chi connectivity index (χ0v) is 20.9. The van der Waals surface area contributed by atoms with Gasteiger partial charge in [0.25, 0.3) is 0 Å². The zero-order valence-electron chi connectivity index (χ0n) is 18.6. The van der Waals surface area contributed by atoms with Crippen LogP contribution in [0.15, 0.2) is 70.6 Å². The fraction of sp³-hybridized carbons (Fsp3) is 0.240. The van der Waals surface area contributed by atoms with E-state index in [0.717, 1.165) is 24.0 Å². The summed E-state index contributed by atoms with van der Waals surface area (Å²) in [6.07, 6.45) is 3.50. The van der Waals surface area contributed by atoms with Crippen molar-refractivity contribution >= 4 is 45.1 Å². The molecule has 34 heavy (non-hydrogen) atoms. The van der Waals surface area contributed by atoms with Crippen molar-refractivity contribution in [1.82, 2.24) is 4.31 Å². The molecule has 0 unspecified atom stereocenters. The number of aliphatic imine (C=N–C) groups is 1. The third-order valence-electron chi connectivity index (χ3n) is 5.49. The molecule has 0 radical (unpaired) electrons. The van der Waals surface area contributed by atoms with E-state index in [4.69, 9.17) is 32.7 Å². The first-order valence-corrected chi connectivity index (χ1v) is 13.0. The maximum Gasteiger partial charge on any atom is 0.243 e. The van der Waals surface area contributed by atoms with Crippen LogP contribution in [0, 0.1) is 0 Å². The maximum absolute atomic E-state index is 12.7. The second-order valence-electron chi connectivity index (χ2n) is 7.80. The Kier molecular flexibility index (Phi) is 7.78. The van der Waals surface area contributed by atoms with E-state index in [2.05, 4.69) is 4.99 Å². The van der Waals surface area contributed by atoms with Crippen LogP contribution in [0.4, 0.5) is 5.69 Å². The van der Waals surface area contributed by atoms with Crippen LogP contribution in [-0.2, 0) is 16.6 Å². The molecule has 1 aliphatic heterocycles. The average molecular weight is 519 g/mol. The molecule has 0 spiro atoms. The van der Waals surface area contributed by atoms with Crippen molar-refractivity contribution in [2.45, 2.75) is 24.3 Å². The summed E-state index contributed by atoms with van der Waals surface area (Å²) in [6.45, 7) is 1.43. The minimum Gasteiger partial charge on any atom is -0.493 e. The standard InChI is InChI=1S/C25H24Cl2N2O4S/c1-32-25-14-18(4-11-24(25)33-17-19-5-6-20(26)15-23(19)27)16-28-21-7-9-22(10-8-21)34(30,31)29-12-2-3-13-29/h4-11,14-16H,2-3,12-13,17H2,1H3. The Bertz CT molecular complexity index is 1290.